The monoisotopic (exact) mass is 856 g/mol. The molecule has 3 aliphatic rings. The number of carbonyl (C=O) groups excluding carboxylic acids is 2. The fourth-order valence-electron chi connectivity index (χ4n) is 9.11. The Morgan fingerprint density at radius 3 is 2.07 bits per heavy atom. The molecule has 0 spiro atoms. The maximum Gasteiger partial charge on any atom is 0.318 e. The van der Waals surface area contributed by atoms with Crippen LogP contribution in [0.5, 0.6) is 0 Å². The van der Waals surface area contributed by atoms with Crippen molar-refractivity contribution in [3.63, 3.8) is 0 Å². The molecule has 0 unspecified atom stereocenters. The number of esters is 2. The number of rotatable bonds is 24. The lowest BCUT2D eigenvalue weighted by Crippen LogP contribution is -2.66. The highest BCUT2D eigenvalue weighted by molar-refractivity contribution is 6.71. The molecule has 2 heterocycles. The van der Waals surface area contributed by atoms with E-state index in [0.717, 1.165) is 85.2 Å². The summed E-state index contributed by atoms with van der Waals surface area (Å²) in [4.78, 5) is 29.2. The predicted molar refractivity (Wildman–Crippen MR) is 241 cm³/mol. The van der Waals surface area contributed by atoms with Crippen LogP contribution in [0, 0.1) is 5.92 Å². The highest BCUT2D eigenvalue weighted by atomic mass is 28.4. The Morgan fingerprint density at radius 1 is 0.787 bits per heavy atom. The summed E-state index contributed by atoms with van der Waals surface area (Å²) >= 11 is 0. The minimum absolute atomic E-state index is 0.0396. The fourth-order valence-corrected chi connectivity index (χ4v) is 11.2. The quantitative estimate of drug-likeness (QED) is 0.0495. The number of hydrogen-bond acceptors (Lipinski definition) is 9. The lowest BCUT2D eigenvalue weighted by molar-refractivity contribution is -0.367. The van der Waals surface area contributed by atoms with Crippen molar-refractivity contribution in [2.75, 3.05) is 13.2 Å². The zero-order valence-corrected chi connectivity index (χ0v) is 38.7. The van der Waals surface area contributed by atoms with Gasteiger partial charge in [-0.1, -0.05) is 163 Å². The van der Waals surface area contributed by atoms with Gasteiger partial charge in [0.25, 0.3) is 0 Å². The van der Waals surface area contributed by atoms with Crippen molar-refractivity contribution >= 4 is 20.3 Å². The van der Waals surface area contributed by atoms with Crippen LogP contribution in [-0.4, -0.2) is 70.0 Å². The molecular formula is C51H72O9Si. The Bertz CT molecular complexity index is 1770. The Morgan fingerprint density at radius 2 is 1.39 bits per heavy atom. The summed E-state index contributed by atoms with van der Waals surface area (Å²) in [7, 11) is -2.40. The number of hydrogen-bond donors (Lipinski definition) is 0. The highest BCUT2D eigenvalue weighted by Gasteiger charge is 2.57. The van der Waals surface area contributed by atoms with E-state index in [1.54, 1.807) is 0 Å². The SMILES string of the molecule is CCCCCCCCC[C@H](CC(=O)O[C@H]1[C@@H]2OC(C)(C)OC[C@H]2O[C@@H](O[Si](C)(C)CCCCCC)[C@@H]1C(=O)OCC1c2ccccc2-c2ccccc21)OCc1ccccc1. The van der Waals surface area contributed by atoms with Crippen LogP contribution in [0.25, 0.3) is 11.1 Å². The van der Waals surface area contributed by atoms with E-state index in [9.17, 15) is 9.59 Å². The van der Waals surface area contributed by atoms with Gasteiger partial charge in [-0.25, -0.2) is 0 Å². The van der Waals surface area contributed by atoms with Gasteiger partial charge in [-0.2, -0.15) is 0 Å². The van der Waals surface area contributed by atoms with Gasteiger partial charge in [-0.15, -0.1) is 0 Å². The first-order valence-corrected chi connectivity index (χ1v) is 26.4. The zero-order valence-electron chi connectivity index (χ0n) is 37.7. The van der Waals surface area contributed by atoms with Gasteiger partial charge in [0.2, 0.25) is 0 Å². The van der Waals surface area contributed by atoms with Crippen LogP contribution in [0.1, 0.15) is 134 Å². The van der Waals surface area contributed by atoms with Crippen molar-refractivity contribution in [3.8, 4) is 11.1 Å². The van der Waals surface area contributed by atoms with Crippen molar-refractivity contribution in [1.29, 1.82) is 0 Å². The molecule has 3 aromatic rings. The molecule has 2 aliphatic heterocycles. The van der Waals surface area contributed by atoms with Crippen LogP contribution in [0.4, 0.5) is 0 Å². The first-order chi connectivity index (χ1) is 29.5. The Balaban J connectivity index is 1.25. The van der Waals surface area contributed by atoms with Gasteiger partial charge >= 0.3 is 11.9 Å². The zero-order chi connectivity index (χ0) is 43.2. The molecule has 0 radical (unpaired) electrons. The topological polar surface area (TPSA) is 98.8 Å². The number of benzene rings is 3. The van der Waals surface area contributed by atoms with Gasteiger partial charge in [0.1, 0.15) is 30.8 Å². The first kappa shape index (κ1) is 47.1. The summed E-state index contributed by atoms with van der Waals surface area (Å²) in [6.45, 7) is 13.1. The molecule has 3 aromatic carbocycles. The largest absolute Gasteiger partial charge is 0.464 e. The second-order valence-corrected chi connectivity index (χ2v) is 22.6. The van der Waals surface area contributed by atoms with Gasteiger partial charge in [-0.05, 0) is 67.2 Å². The molecule has 10 heteroatoms. The Labute approximate surface area is 366 Å². The van der Waals surface area contributed by atoms with Gasteiger partial charge in [0.15, 0.2) is 20.4 Å². The van der Waals surface area contributed by atoms with E-state index >= 15 is 0 Å². The highest BCUT2D eigenvalue weighted by Crippen LogP contribution is 2.45. The second-order valence-electron chi connectivity index (χ2n) is 18.4. The molecule has 1 aliphatic carbocycles. The third-order valence-corrected chi connectivity index (χ3v) is 14.9. The minimum atomic E-state index is -2.40. The minimum Gasteiger partial charge on any atom is -0.464 e. The summed E-state index contributed by atoms with van der Waals surface area (Å²) in [6, 6.07) is 27.5. The molecular weight excluding hydrogens is 785 g/mol. The van der Waals surface area contributed by atoms with E-state index in [2.05, 4.69) is 51.2 Å². The molecule has 0 amide bonds. The number of carbonyl (C=O) groups is 2. The Kier molecular flexibility index (Phi) is 17.6. The normalized spacial score (nSPS) is 22.5. The van der Waals surface area contributed by atoms with Crippen LogP contribution < -0.4 is 0 Å². The van der Waals surface area contributed by atoms with Crippen LogP contribution in [0.3, 0.4) is 0 Å². The van der Waals surface area contributed by atoms with Crippen LogP contribution >= 0.6 is 0 Å². The molecule has 2 saturated heterocycles. The van der Waals surface area contributed by atoms with E-state index in [1.165, 1.54) is 25.7 Å². The summed E-state index contributed by atoms with van der Waals surface area (Å²) in [5.74, 6) is -3.23. The average molecular weight is 857 g/mol. The van der Waals surface area contributed by atoms with Crippen molar-refractivity contribution in [2.24, 2.45) is 5.92 Å². The molecule has 334 valence electrons. The van der Waals surface area contributed by atoms with E-state index in [4.69, 9.17) is 32.8 Å². The first-order valence-electron chi connectivity index (χ1n) is 23.3. The average Bonchev–Trinajstić information content (AvgIpc) is 3.56. The van der Waals surface area contributed by atoms with Crippen molar-refractivity contribution in [3.05, 3.63) is 95.6 Å². The third kappa shape index (κ3) is 13.3. The molecule has 6 rings (SSSR count). The fraction of sp³-hybridized carbons (Fsp3) is 0.608. The van der Waals surface area contributed by atoms with Crippen molar-refractivity contribution in [1.82, 2.24) is 0 Å². The molecule has 6 atom stereocenters. The summed E-state index contributed by atoms with van der Waals surface area (Å²) in [5, 5.41) is 0. The van der Waals surface area contributed by atoms with Crippen molar-refractivity contribution in [2.45, 2.75) is 179 Å². The lowest BCUT2D eigenvalue weighted by Gasteiger charge is -2.51. The van der Waals surface area contributed by atoms with Crippen LogP contribution in [0.2, 0.25) is 19.1 Å². The van der Waals surface area contributed by atoms with Crippen LogP contribution in [-0.2, 0) is 49.0 Å². The van der Waals surface area contributed by atoms with E-state index in [0.29, 0.717) is 6.61 Å². The molecule has 0 aromatic heterocycles. The van der Waals surface area contributed by atoms with E-state index in [1.807, 2.05) is 68.4 Å². The third-order valence-electron chi connectivity index (χ3n) is 12.5. The second kappa shape index (κ2) is 22.8. The number of ether oxygens (including phenoxy) is 6. The summed E-state index contributed by atoms with van der Waals surface area (Å²) in [6.07, 6.45) is 9.51. The lowest BCUT2D eigenvalue weighted by atomic mass is 9.89. The standard InChI is InChI=1S/C51H72O9Si/c1-7-9-11-13-14-15-19-27-38(54-34-37-25-17-16-18-26-37)33-45(52)58-48-46(49(53)55-35-43-41-30-22-20-28-39(41)40-29-21-23-31-42(40)43)50(60-61(5,6)32-24-12-10-8-2)57-44-36-56-51(3,4)59-47(44)48/h16-18,20-23,25-26,28-31,38,43-44,46-48,50H,7-15,19,24,27,32-36H2,1-6H3/t38-,44-,46+,47-,48-,50+/m1/s1. The molecule has 0 saturated carbocycles. The smallest absolute Gasteiger partial charge is 0.318 e. The maximum atomic E-state index is 14.9. The molecule has 0 bridgehead atoms. The van der Waals surface area contributed by atoms with Gasteiger partial charge in [-0.3, -0.25) is 9.59 Å². The maximum absolute atomic E-state index is 14.9. The van der Waals surface area contributed by atoms with Gasteiger partial charge in [0.05, 0.1) is 25.7 Å². The van der Waals surface area contributed by atoms with Gasteiger partial charge < -0.3 is 32.8 Å². The van der Waals surface area contributed by atoms with Crippen molar-refractivity contribution < 1.29 is 42.4 Å². The summed E-state index contributed by atoms with van der Waals surface area (Å²) in [5.41, 5.74) is 5.56. The molecule has 61 heavy (non-hydrogen) atoms. The van der Waals surface area contributed by atoms with E-state index < -0.39 is 56.6 Å². The van der Waals surface area contributed by atoms with E-state index in [-0.39, 0.29) is 31.7 Å². The molecule has 2 fully saturated rings. The molecule has 9 nitrogen and oxygen atoms in total. The number of unbranched alkanes of at least 4 members (excludes halogenated alkanes) is 9. The van der Waals surface area contributed by atoms with Crippen LogP contribution in [0.15, 0.2) is 78.9 Å². The predicted octanol–water partition coefficient (Wildman–Crippen LogP) is 11.7. The molecule has 0 N–H and O–H groups in total. The Hall–Kier alpha value is -3.38. The summed E-state index contributed by atoms with van der Waals surface area (Å²) < 4.78 is 45.6. The number of fused-ring (bicyclic) bond motifs is 4. The van der Waals surface area contributed by atoms with Gasteiger partial charge in [0, 0.05) is 5.92 Å².